The summed E-state index contributed by atoms with van der Waals surface area (Å²) in [6.07, 6.45) is 1.11. The zero-order valence-corrected chi connectivity index (χ0v) is 10.7. The van der Waals surface area contributed by atoms with E-state index >= 15 is 0 Å². The molecule has 1 aromatic carbocycles. The highest BCUT2D eigenvalue weighted by atomic mass is 35.5. The molecule has 0 aromatic heterocycles. The van der Waals surface area contributed by atoms with Crippen LogP contribution in [0.15, 0.2) is 18.2 Å². The fraction of sp³-hybridized carbons (Fsp3) is 0.364. The highest BCUT2D eigenvalue weighted by Gasteiger charge is 2.21. The average Bonchev–Trinajstić information content (AvgIpc) is 2.20. The molecule has 0 bridgehead atoms. The Kier molecular flexibility index (Phi) is 5.39. The maximum Gasteiger partial charge on any atom is 0.311 e. The molecule has 0 aliphatic carbocycles. The first-order valence-corrected chi connectivity index (χ1v) is 6.09. The van der Waals surface area contributed by atoms with Crippen LogP contribution in [0.3, 0.4) is 0 Å². The van der Waals surface area contributed by atoms with Crippen molar-refractivity contribution < 1.29 is 9.90 Å². The van der Waals surface area contributed by atoms with E-state index in [2.05, 4.69) is 0 Å². The van der Waals surface area contributed by atoms with Gasteiger partial charge in [-0.1, -0.05) is 29.3 Å². The molecular weight excluding hydrogens is 270 g/mol. The summed E-state index contributed by atoms with van der Waals surface area (Å²) < 4.78 is 0. The summed E-state index contributed by atoms with van der Waals surface area (Å²) in [5, 5.41) is 9.99. The van der Waals surface area contributed by atoms with Crippen LogP contribution in [0.5, 0.6) is 0 Å². The number of carboxylic acids is 1. The average molecular weight is 282 g/mol. The van der Waals surface area contributed by atoms with Gasteiger partial charge < -0.3 is 5.11 Å². The highest BCUT2D eigenvalue weighted by molar-refractivity contribution is 6.35. The lowest BCUT2D eigenvalue weighted by molar-refractivity contribution is -0.139. The van der Waals surface area contributed by atoms with Crippen molar-refractivity contribution in [1.29, 1.82) is 0 Å². The zero-order chi connectivity index (χ0) is 12.1. The lowest BCUT2D eigenvalue weighted by Crippen LogP contribution is -2.12. The Morgan fingerprint density at radius 1 is 1.38 bits per heavy atom. The second-order valence-electron chi connectivity index (χ2n) is 3.39. The predicted octanol–water partition coefficient (Wildman–Crippen LogP) is 4.18. The molecule has 5 heteroatoms. The van der Waals surface area contributed by atoms with E-state index in [-0.39, 0.29) is 0 Å². The molecule has 1 atom stereocenters. The van der Waals surface area contributed by atoms with E-state index in [1.807, 2.05) is 0 Å². The fourth-order valence-electron chi connectivity index (χ4n) is 1.48. The van der Waals surface area contributed by atoms with E-state index in [4.69, 9.17) is 39.9 Å². The SMILES string of the molecule is O=C(O)C(CCCCl)c1ccc(Cl)cc1Cl. The molecule has 16 heavy (non-hydrogen) atoms. The van der Waals surface area contributed by atoms with Gasteiger partial charge in [-0.25, -0.2) is 0 Å². The molecule has 0 saturated carbocycles. The van der Waals surface area contributed by atoms with Crippen LogP contribution in [-0.2, 0) is 4.79 Å². The van der Waals surface area contributed by atoms with Gasteiger partial charge in [0, 0.05) is 15.9 Å². The Hall–Kier alpha value is -0.440. The number of carboxylic acid groups (broad SMARTS) is 1. The molecule has 1 unspecified atom stereocenters. The van der Waals surface area contributed by atoms with Crippen LogP contribution in [0.4, 0.5) is 0 Å². The van der Waals surface area contributed by atoms with E-state index in [1.54, 1.807) is 18.2 Å². The van der Waals surface area contributed by atoms with E-state index in [0.29, 0.717) is 34.3 Å². The number of benzene rings is 1. The summed E-state index contributed by atoms with van der Waals surface area (Å²) in [6, 6.07) is 4.84. The first kappa shape index (κ1) is 13.6. The molecule has 0 heterocycles. The second kappa shape index (κ2) is 6.33. The highest BCUT2D eigenvalue weighted by Crippen LogP contribution is 2.30. The number of carbonyl (C=O) groups is 1. The summed E-state index contributed by atoms with van der Waals surface area (Å²) in [4.78, 5) is 11.1. The van der Waals surface area contributed by atoms with E-state index in [0.717, 1.165) is 0 Å². The number of hydrogen-bond acceptors (Lipinski definition) is 1. The zero-order valence-electron chi connectivity index (χ0n) is 8.42. The largest absolute Gasteiger partial charge is 0.481 e. The summed E-state index contributed by atoms with van der Waals surface area (Å²) in [7, 11) is 0. The van der Waals surface area contributed by atoms with Gasteiger partial charge in [-0.2, -0.15) is 0 Å². The minimum Gasteiger partial charge on any atom is -0.481 e. The van der Waals surface area contributed by atoms with E-state index < -0.39 is 11.9 Å². The van der Waals surface area contributed by atoms with Crippen molar-refractivity contribution in [2.45, 2.75) is 18.8 Å². The molecule has 0 aliphatic rings. The van der Waals surface area contributed by atoms with Crippen molar-refractivity contribution in [3.8, 4) is 0 Å². The van der Waals surface area contributed by atoms with Crippen LogP contribution in [0.2, 0.25) is 10.0 Å². The maximum absolute atomic E-state index is 11.1. The van der Waals surface area contributed by atoms with Gasteiger partial charge in [0.1, 0.15) is 0 Å². The third-order valence-corrected chi connectivity index (χ3v) is 3.09. The summed E-state index contributed by atoms with van der Waals surface area (Å²) in [6.45, 7) is 0. The van der Waals surface area contributed by atoms with Crippen LogP contribution >= 0.6 is 34.8 Å². The molecule has 1 N–H and O–H groups in total. The number of alkyl halides is 1. The summed E-state index contributed by atoms with van der Waals surface area (Å²) in [5.74, 6) is -1.08. The van der Waals surface area contributed by atoms with Crippen molar-refractivity contribution in [2.75, 3.05) is 5.88 Å². The molecule has 0 fully saturated rings. The quantitative estimate of drug-likeness (QED) is 0.822. The van der Waals surface area contributed by atoms with Gasteiger partial charge >= 0.3 is 5.97 Å². The Morgan fingerprint density at radius 2 is 2.06 bits per heavy atom. The molecule has 0 amide bonds. The van der Waals surface area contributed by atoms with Crippen molar-refractivity contribution in [1.82, 2.24) is 0 Å². The predicted molar refractivity (Wildman–Crippen MR) is 66.8 cm³/mol. The van der Waals surface area contributed by atoms with Gasteiger partial charge in [0.15, 0.2) is 0 Å². The molecule has 0 spiro atoms. The van der Waals surface area contributed by atoms with Gasteiger partial charge in [-0.15, -0.1) is 11.6 Å². The monoisotopic (exact) mass is 280 g/mol. The number of rotatable bonds is 5. The van der Waals surface area contributed by atoms with Crippen LogP contribution in [0, 0.1) is 0 Å². The van der Waals surface area contributed by atoms with Gasteiger partial charge in [-0.3, -0.25) is 4.79 Å². The summed E-state index contributed by atoms with van der Waals surface area (Å²) >= 11 is 17.3. The molecule has 0 radical (unpaired) electrons. The Bertz CT molecular complexity index is 379. The van der Waals surface area contributed by atoms with Crippen LogP contribution < -0.4 is 0 Å². The first-order valence-electron chi connectivity index (χ1n) is 4.80. The van der Waals surface area contributed by atoms with E-state index in [1.165, 1.54) is 0 Å². The Morgan fingerprint density at radius 3 is 2.56 bits per heavy atom. The van der Waals surface area contributed by atoms with Gasteiger partial charge in [-0.05, 0) is 30.5 Å². The number of aliphatic carboxylic acids is 1. The Labute approximate surface area is 109 Å². The minimum atomic E-state index is -0.894. The molecule has 2 nitrogen and oxygen atoms in total. The standard InChI is InChI=1S/C11H11Cl3O2/c12-5-1-2-9(11(15)16)8-4-3-7(13)6-10(8)14/h3-4,6,9H,1-2,5H2,(H,15,16). The molecule has 88 valence electrons. The third kappa shape index (κ3) is 3.55. The van der Waals surface area contributed by atoms with Crippen molar-refractivity contribution >= 4 is 40.8 Å². The second-order valence-corrected chi connectivity index (χ2v) is 4.61. The molecule has 1 aromatic rings. The van der Waals surface area contributed by atoms with Gasteiger partial charge in [0.25, 0.3) is 0 Å². The third-order valence-electron chi connectivity index (χ3n) is 2.26. The smallest absolute Gasteiger partial charge is 0.311 e. The topological polar surface area (TPSA) is 37.3 Å². The van der Waals surface area contributed by atoms with Gasteiger partial charge in [0.2, 0.25) is 0 Å². The molecule has 0 aliphatic heterocycles. The first-order chi connectivity index (χ1) is 7.56. The van der Waals surface area contributed by atoms with Crippen molar-refractivity contribution in [2.24, 2.45) is 0 Å². The van der Waals surface area contributed by atoms with Crippen LogP contribution in [0.25, 0.3) is 0 Å². The maximum atomic E-state index is 11.1. The fourth-order valence-corrected chi connectivity index (χ4v) is 2.17. The van der Waals surface area contributed by atoms with Crippen molar-refractivity contribution in [3.63, 3.8) is 0 Å². The van der Waals surface area contributed by atoms with E-state index in [9.17, 15) is 4.79 Å². The lowest BCUT2D eigenvalue weighted by atomic mass is 9.94. The van der Waals surface area contributed by atoms with Crippen LogP contribution in [-0.4, -0.2) is 17.0 Å². The minimum absolute atomic E-state index is 0.384. The van der Waals surface area contributed by atoms with Gasteiger partial charge in [0.05, 0.1) is 5.92 Å². The number of hydrogen-bond donors (Lipinski definition) is 1. The van der Waals surface area contributed by atoms with Crippen molar-refractivity contribution in [3.05, 3.63) is 33.8 Å². The van der Waals surface area contributed by atoms with Crippen LogP contribution in [0.1, 0.15) is 24.3 Å². The molecular formula is C11H11Cl3O2. The lowest BCUT2D eigenvalue weighted by Gasteiger charge is -2.13. The molecule has 1 rings (SSSR count). The summed E-state index contributed by atoms with van der Waals surface area (Å²) in [5.41, 5.74) is 0.587. The molecule has 0 saturated heterocycles. The number of halogens is 3. The normalized spacial score (nSPS) is 12.4. The Balaban J connectivity index is 2.96.